The maximum atomic E-state index is 14.2. The minimum absolute atomic E-state index is 0.137. The van der Waals surface area contributed by atoms with Crippen LogP contribution in [0.4, 0.5) is 0 Å². The van der Waals surface area contributed by atoms with Gasteiger partial charge in [0.2, 0.25) is 0 Å². The maximum Gasteiger partial charge on any atom is 0.472 e. The molecule has 0 aromatic carbocycles. The fourth-order valence-corrected chi connectivity index (χ4v) is 12.1. The molecular weight excluding hydrogens is 940 g/mol. The van der Waals surface area contributed by atoms with E-state index in [9.17, 15) is 19.0 Å². The van der Waals surface area contributed by atoms with Gasteiger partial charge < -0.3 is 42.8 Å². The van der Waals surface area contributed by atoms with Gasteiger partial charge in [-0.3, -0.25) is 18.6 Å². The van der Waals surface area contributed by atoms with E-state index in [4.69, 9.17) is 46.9 Å². The second kappa shape index (κ2) is 34.9. The number of rotatable bonds is 39. The highest BCUT2D eigenvalue weighted by Crippen LogP contribution is 2.56. The third kappa shape index (κ3) is 22.1. The molecule has 0 aromatic heterocycles. The molecule has 15 heteroatoms. The van der Waals surface area contributed by atoms with Crippen LogP contribution in [0.2, 0.25) is 0 Å². The van der Waals surface area contributed by atoms with Gasteiger partial charge in [0.15, 0.2) is 17.7 Å². The van der Waals surface area contributed by atoms with Crippen LogP contribution in [0, 0.1) is 0 Å². The third-order valence-electron chi connectivity index (χ3n) is 15.2. The molecular formula is C57H99O14P. The van der Waals surface area contributed by atoms with Crippen molar-refractivity contribution in [2.75, 3.05) is 27.1 Å². The van der Waals surface area contributed by atoms with E-state index in [1.165, 1.54) is 84.2 Å². The smallest absolute Gasteiger partial charge is 0.462 e. The van der Waals surface area contributed by atoms with Crippen LogP contribution >= 0.6 is 7.82 Å². The quantitative estimate of drug-likeness (QED) is 0.0203. The summed E-state index contributed by atoms with van der Waals surface area (Å²) >= 11 is 0. The van der Waals surface area contributed by atoms with Gasteiger partial charge in [-0.2, -0.15) is 0 Å². The maximum absolute atomic E-state index is 14.2. The zero-order valence-electron chi connectivity index (χ0n) is 45.1. The van der Waals surface area contributed by atoms with E-state index in [2.05, 4.69) is 38.2 Å². The van der Waals surface area contributed by atoms with Crippen molar-refractivity contribution >= 4 is 19.8 Å². The summed E-state index contributed by atoms with van der Waals surface area (Å²) < 4.78 is 76.0. The van der Waals surface area contributed by atoms with Crippen LogP contribution in [0.3, 0.4) is 0 Å². The van der Waals surface area contributed by atoms with Gasteiger partial charge in [0, 0.05) is 45.6 Å². The Hall–Kier alpha value is -1.71. The first-order chi connectivity index (χ1) is 35.1. The highest BCUT2D eigenvalue weighted by Gasteiger charge is 2.68. The van der Waals surface area contributed by atoms with Gasteiger partial charge in [-0.1, -0.05) is 160 Å². The Kier molecular flexibility index (Phi) is 29.6. The number of fused-ring (bicyclic) bond motifs is 3. The van der Waals surface area contributed by atoms with E-state index in [0.717, 1.165) is 103 Å². The summed E-state index contributed by atoms with van der Waals surface area (Å²) in [6.07, 6.45) is 39.3. The van der Waals surface area contributed by atoms with Crippen molar-refractivity contribution in [1.82, 2.24) is 0 Å². The Balaban J connectivity index is 1.13. The number of hydrogen-bond acceptors (Lipinski definition) is 13. The molecule has 3 aliphatic carbocycles. The summed E-state index contributed by atoms with van der Waals surface area (Å²) in [5, 5.41) is 0. The lowest BCUT2D eigenvalue weighted by Gasteiger charge is -2.42. The van der Waals surface area contributed by atoms with Gasteiger partial charge in [-0.15, -0.1) is 0 Å². The highest BCUT2D eigenvalue weighted by molar-refractivity contribution is 7.47. The largest absolute Gasteiger partial charge is 0.472 e. The van der Waals surface area contributed by atoms with E-state index in [-0.39, 0.29) is 26.2 Å². The van der Waals surface area contributed by atoms with Crippen molar-refractivity contribution in [1.29, 1.82) is 0 Å². The zero-order valence-corrected chi connectivity index (χ0v) is 46.0. The van der Waals surface area contributed by atoms with Crippen LogP contribution in [-0.2, 0) is 61.1 Å². The summed E-state index contributed by atoms with van der Waals surface area (Å²) in [5.41, 5.74) is 0. The van der Waals surface area contributed by atoms with Crippen molar-refractivity contribution in [3.63, 3.8) is 0 Å². The molecule has 2 unspecified atom stereocenters. The van der Waals surface area contributed by atoms with Crippen LogP contribution in [0.25, 0.3) is 0 Å². The number of hydrogen-bond donors (Lipinski definition) is 1. The van der Waals surface area contributed by atoms with Crippen LogP contribution in [0.1, 0.15) is 245 Å². The van der Waals surface area contributed by atoms with Crippen LogP contribution in [-0.4, -0.2) is 98.3 Å². The molecule has 72 heavy (non-hydrogen) atoms. The van der Waals surface area contributed by atoms with Crippen molar-refractivity contribution < 1.29 is 66.0 Å². The molecule has 2 heterocycles. The average Bonchev–Trinajstić information content (AvgIpc) is 3.93. The second-order valence-electron chi connectivity index (χ2n) is 21.4. The number of ether oxygens (including phenoxy) is 8. The molecule has 8 atom stereocenters. The van der Waals surface area contributed by atoms with Crippen LogP contribution in [0.15, 0.2) is 24.3 Å². The molecule has 416 valence electrons. The summed E-state index contributed by atoms with van der Waals surface area (Å²) in [5.74, 6) is -2.62. The summed E-state index contributed by atoms with van der Waals surface area (Å²) in [7, 11) is -3.44. The fraction of sp³-hybridized carbons (Fsp3) is 0.895. The molecule has 2 spiro atoms. The lowest BCUT2D eigenvalue weighted by atomic mass is 9.85. The molecule has 2 aliphatic heterocycles. The van der Waals surface area contributed by atoms with Crippen LogP contribution < -0.4 is 0 Å². The molecule has 0 amide bonds. The van der Waals surface area contributed by atoms with E-state index in [1.54, 1.807) is 0 Å². The zero-order chi connectivity index (χ0) is 51.2. The van der Waals surface area contributed by atoms with Crippen molar-refractivity contribution in [3.8, 4) is 0 Å². The number of phosphoric ester groups is 1. The number of allylic oxidation sites excluding steroid dienone is 4. The van der Waals surface area contributed by atoms with Crippen molar-refractivity contribution in [2.45, 2.75) is 299 Å². The molecule has 3 saturated carbocycles. The second-order valence-corrected chi connectivity index (χ2v) is 22.8. The van der Waals surface area contributed by atoms with Gasteiger partial charge in [-0.05, 0) is 70.6 Å². The topological polar surface area (TPSA) is 164 Å². The lowest BCUT2D eigenvalue weighted by molar-refractivity contribution is -0.231. The third-order valence-corrected chi connectivity index (χ3v) is 16.2. The molecule has 0 bridgehead atoms. The number of methoxy groups -OCH3 is 1. The molecule has 5 fully saturated rings. The molecule has 0 radical (unpaired) electrons. The molecule has 5 rings (SSSR count). The molecule has 0 aromatic rings. The first-order valence-electron chi connectivity index (χ1n) is 29.2. The first kappa shape index (κ1) is 61.1. The van der Waals surface area contributed by atoms with Crippen molar-refractivity contribution in [3.05, 3.63) is 24.3 Å². The Morgan fingerprint density at radius 3 is 1.54 bits per heavy atom. The van der Waals surface area contributed by atoms with E-state index < -0.39 is 80.7 Å². The predicted octanol–water partition coefficient (Wildman–Crippen LogP) is 14.1. The molecule has 14 nitrogen and oxygen atoms in total. The Bertz CT molecular complexity index is 1570. The summed E-state index contributed by atoms with van der Waals surface area (Å²) in [6, 6.07) is 0. The van der Waals surface area contributed by atoms with Gasteiger partial charge in [0.1, 0.15) is 50.0 Å². The SMILES string of the molecule is CCCCC/C=C\C/C=C\CCCCCCCC(=O)OC(COC(=O)CCCCCCCCCCCCCCC)COP(=O)(O)O[C@H]1[C@H](OCOC)[C@H]2OC3(CCCCC3)O[C@@H]2[C@H]2OC3(CCCCC3)O[C@H]21. The van der Waals surface area contributed by atoms with Crippen molar-refractivity contribution in [2.24, 2.45) is 0 Å². The minimum Gasteiger partial charge on any atom is -0.462 e. The number of esters is 2. The fourth-order valence-electron chi connectivity index (χ4n) is 11.2. The minimum atomic E-state index is -4.94. The van der Waals surface area contributed by atoms with Gasteiger partial charge >= 0.3 is 19.8 Å². The average molecular weight is 1040 g/mol. The Morgan fingerprint density at radius 2 is 1.01 bits per heavy atom. The first-order valence-corrected chi connectivity index (χ1v) is 30.7. The summed E-state index contributed by atoms with van der Waals surface area (Å²) in [6.45, 7) is 3.47. The normalized spacial score (nSPS) is 25.8. The molecule has 2 saturated heterocycles. The van der Waals surface area contributed by atoms with E-state index in [0.29, 0.717) is 38.5 Å². The predicted molar refractivity (Wildman–Crippen MR) is 279 cm³/mol. The van der Waals surface area contributed by atoms with Gasteiger partial charge in [0.05, 0.1) is 6.61 Å². The summed E-state index contributed by atoms with van der Waals surface area (Å²) in [4.78, 5) is 37.7. The number of carbonyl (C=O) groups excluding carboxylic acids is 2. The standard InChI is InChI=1S/C57H99O14P/c1-4-6-8-10-12-14-16-18-19-21-23-25-27-29-33-39-49(59)66-47(44-63-48(58)38-32-28-26-24-22-20-17-15-13-11-9-7-5-2)45-65-72(60,61)71-55-50(64-46-62-3)51-52(68-56(67-51)40-34-30-35-41-56)53-54(55)70-57(69-53)42-36-31-37-43-57/h12,14,18-19,47,50-55H,4-11,13,15-17,20-46H2,1-3H3,(H,60,61)/b14-12-,19-18-/t47?,50-,51-,52+,53-,54-,55+/m1/s1. The van der Waals surface area contributed by atoms with Crippen LogP contribution in [0.5, 0.6) is 0 Å². The van der Waals surface area contributed by atoms with Gasteiger partial charge in [-0.25, -0.2) is 4.57 Å². The Morgan fingerprint density at radius 1 is 0.569 bits per heavy atom. The van der Waals surface area contributed by atoms with E-state index in [1.807, 2.05) is 0 Å². The highest BCUT2D eigenvalue weighted by atomic mass is 31.2. The Labute approximate surface area is 435 Å². The number of phosphoric acid groups is 1. The van der Waals surface area contributed by atoms with Gasteiger partial charge in [0.25, 0.3) is 0 Å². The number of unbranched alkanes of at least 4 members (excludes halogenated alkanes) is 20. The van der Waals surface area contributed by atoms with E-state index >= 15 is 0 Å². The molecule has 1 N–H and O–H groups in total. The molecule has 5 aliphatic rings. The monoisotopic (exact) mass is 1040 g/mol. The number of carbonyl (C=O) groups is 2. The lowest BCUT2D eigenvalue weighted by Crippen LogP contribution is -2.63.